The molecule has 190 valence electrons. The van der Waals surface area contributed by atoms with Crippen molar-refractivity contribution in [2.24, 2.45) is 0 Å². The molecule has 0 aliphatic heterocycles. The Bertz CT molecular complexity index is 1330. The molecule has 3 aromatic carbocycles. The molecule has 0 aliphatic rings. The van der Waals surface area contributed by atoms with E-state index in [-0.39, 0.29) is 24.4 Å². The third-order valence-electron chi connectivity index (χ3n) is 5.69. The van der Waals surface area contributed by atoms with Crippen LogP contribution in [0, 0.1) is 6.92 Å². The number of rotatable bonds is 8. The van der Waals surface area contributed by atoms with E-state index in [1.54, 1.807) is 36.4 Å². The molecule has 0 aliphatic carbocycles. The van der Waals surface area contributed by atoms with Crippen LogP contribution in [0.3, 0.4) is 0 Å². The first-order chi connectivity index (χ1) is 16.8. The smallest absolute Gasteiger partial charge is 0.255 e. The maximum Gasteiger partial charge on any atom is 0.255 e. The molecule has 3 aromatic rings. The number of anilines is 2. The molecule has 0 saturated carbocycles. The van der Waals surface area contributed by atoms with Crippen molar-refractivity contribution in [1.82, 2.24) is 4.31 Å². The fourth-order valence-corrected chi connectivity index (χ4v) is 4.28. The van der Waals surface area contributed by atoms with E-state index < -0.39 is 15.9 Å². The second-order valence-corrected chi connectivity index (χ2v) is 11.9. The first-order valence-electron chi connectivity index (χ1n) is 11.6. The van der Waals surface area contributed by atoms with Crippen molar-refractivity contribution in [3.8, 4) is 0 Å². The minimum absolute atomic E-state index is 0.00559. The molecule has 0 unspecified atom stereocenters. The van der Waals surface area contributed by atoms with Gasteiger partial charge in [-0.2, -0.15) is 4.31 Å². The van der Waals surface area contributed by atoms with Crippen LogP contribution in [0.15, 0.2) is 72.8 Å². The maximum absolute atomic E-state index is 12.7. The van der Waals surface area contributed by atoms with Gasteiger partial charge in [-0.15, -0.1) is 0 Å². The molecule has 7 nitrogen and oxygen atoms in total. The Morgan fingerprint density at radius 1 is 0.861 bits per heavy atom. The third-order valence-corrected chi connectivity index (χ3v) is 6.88. The van der Waals surface area contributed by atoms with Crippen molar-refractivity contribution in [3.63, 3.8) is 0 Å². The summed E-state index contributed by atoms with van der Waals surface area (Å²) < 4.78 is 25.7. The monoisotopic (exact) mass is 507 g/mol. The van der Waals surface area contributed by atoms with Crippen LogP contribution in [0.25, 0.3) is 0 Å². The summed E-state index contributed by atoms with van der Waals surface area (Å²) in [5.41, 5.74) is 4.47. The first-order valence-corrected chi connectivity index (χ1v) is 13.5. The Kier molecular flexibility index (Phi) is 8.32. The predicted molar refractivity (Wildman–Crippen MR) is 145 cm³/mol. The van der Waals surface area contributed by atoms with Crippen molar-refractivity contribution in [2.45, 2.75) is 39.7 Å². The quantitative estimate of drug-likeness (QED) is 0.451. The highest BCUT2D eigenvalue weighted by atomic mass is 32.2. The highest BCUT2D eigenvalue weighted by Gasteiger charge is 2.21. The van der Waals surface area contributed by atoms with Gasteiger partial charge in [0.1, 0.15) is 0 Å². The van der Waals surface area contributed by atoms with Gasteiger partial charge in [-0.05, 0) is 53.8 Å². The van der Waals surface area contributed by atoms with Gasteiger partial charge in [-0.3, -0.25) is 9.59 Å². The fraction of sp³-hybridized carbons (Fsp3) is 0.286. The molecule has 2 amide bonds. The van der Waals surface area contributed by atoms with Crippen LogP contribution in [-0.2, 0) is 26.8 Å². The molecule has 0 atom stereocenters. The van der Waals surface area contributed by atoms with Gasteiger partial charge in [0.25, 0.3) is 5.91 Å². The Hall–Kier alpha value is -3.49. The molecule has 36 heavy (non-hydrogen) atoms. The van der Waals surface area contributed by atoms with Crippen molar-refractivity contribution in [3.05, 3.63) is 95.1 Å². The van der Waals surface area contributed by atoms with Crippen LogP contribution in [0.4, 0.5) is 11.4 Å². The van der Waals surface area contributed by atoms with Crippen LogP contribution >= 0.6 is 0 Å². The number of hydrogen-bond acceptors (Lipinski definition) is 4. The maximum atomic E-state index is 12.7. The van der Waals surface area contributed by atoms with Crippen molar-refractivity contribution in [1.29, 1.82) is 0 Å². The number of carbonyl (C=O) groups is 2. The van der Waals surface area contributed by atoms with Gasteiger partial charge >= 0.3 is 0 Å². The Balaban J connectivity index is 1.65. The Morgan fingerprint density at radius 3 is 2.00 bits per heavy atom. The first kappa shape index (κ1) is 27.1. The average molecular weight is 508 g/mol. The zero-order valence-electron chi connectivity index (χ0n) is 21.3. The number of nitrogens with zero attached hydrogens (tertiary/aromatic N) is 1. The Morgan fingerprint density at radius 2 is 1.44 bits per heavy atom. The normalized spacial score (nSPS) is 11.8. The summed E-state index contributed by atoms with van der Waals surface area (Å²) >= 11 is 0. The second kappa shape index (κ2) is 11.1. The van der Waals surface area contributed by atoms with Crippen molar-refractivity contribution < 1.29 is 18.0 Å². The molecular formula is C28H33N3O4S. The van der Waals surface area contributed by atoms with E-state index in [0.29, 0.717) is 16.9 Å². The van der Waals surface area contributed by atoms with Crippen LogP contribution < -0.4 is 10.6 Å². The lowest BCUT2D eigenvalue weighted by Gasteiger charge is -2.20. The summed E-state index contributed by atoms with van der Waals surface area (Å²) in [5, 5.41) is 5.56. The van der Waals surface area contributed by atoms with Crippen LogP contribution in [0.2, 0.25) is 0 Å². The lowest BCUT2D eigenvalue weighted by atomic mass is 9.87. The van der Waals surface area contributed by atoms with Gasteiger partial charge in [-0.25, -0.2) is 8.42 Å². The summed E-state index contributed by atoms with van der Waals surface area (Å²) in [6.45, 7) is 8.05. The van der Waals surface area contributed by atoms with Gasteiger partial charge < -0.3 is 10.6 Å². The standard InChI is InChI=1S/C28H33N3O4S/c1-20-9-11-21(12-10-20)18-31(36(5,34)35)19-26(32)29-24-7-6-8-25(17-24)30-27(33)22-13-15-23(16-14-22)28(2,3)4/h6-17H,18-19H2,1-5H3,(H,29,32)(H,30,33). The number of aryl methyl sites for hydroxylation is 1. The molecule has 0 saturated heterocycles. The van der Waals surface area contributed by atoms with Crippen molar-refractivity contribution >= 4 is 33.2 Å². The van der Waals surface area contributed by atoms with Gasteiger partial charge in [0.15, 0.2) is 0 Å². The molecule has 0 aromatic heterocycles. The van der Waals surface area contributed by atoms with Gasteiger partial charge in [0, 0.05) is 23.5 Å². The zero-order chi connectivity index (χ0) is 26.5. The summed E-state index contributed by atoms with van der Waals surface area (Å²) in [6.07, 6.45) is 1.08. The highest BCUT2D eigenvalue weighted by molar-refractivity contribution is 7.88. The van der Waals surface area contributed by atoms with E-state index >= 15 is 0 Å². The molecule has 0 bridgehead atoms. The topological polar surface area (TPSA) is 95.6 Å². The zero-order valence-corrected chi connectivity index (χ0v) is 22.1. The molecular weight excluding hydrogens is 474 g/mol. The van der Waals surface area contributed by atoms with Crippen LogP contribution in [0.5, 0.6) is 0 Å². The minimum atomic E-state index is -3.61. The third kappa shape index (κ3) is 7.76. The highest BCUT2D eigenvalue weighted by Crippen LogP contribution is 2.23. The largest absolute Gasteiger partial charge is 0.325 e. The number of hydrogen-bond donors (Lipinski definition) is 2. The summed E-state index contributed by atoms with van der Waals surface area (Å²) in [6, 6.07) is 21.7. The van der Waals surface area contributed by atoms with E-state index in [1.165, 1.54) is 0 Å². The van der Waals surface area contributed by atoms with E-state index in [1.807, 2.05) is 43.3 Å². The fourth-order valence-electron chi connectivity index (χ4n) is 3.55. The Labute approximate surface area is 213 Å². The van der Waals surface area contributed by atoms with E-state index in [4.69, 9.17) is 0 Å². The molecule has 3 rings (SSSR count). The summed E-state index contributed by atoms with van der Waals surface area (Å²) in [4.78, 5) is 25.4. The lowest BCUT2D eigenvalue weighted by molar-refractivity contribution is -0.116. The van der Waals surface area contributed by atoms with Gasteiger partial charge in [-0.1, -0.05) is 68.8 Å². The molecule has 0 spiro atoms. The number of carbonyl (C=O) groups excluding carboxylic acids is 2. The molecule has 0 radical (unpaired) electrons. The SMILES string of the molecule is Cc1ccc(CN(CC(=O)Nc2cccc(NC(=O)c3ccc(C(C)(C)C)cc3)c2)S(C)(=O)=O)cc1. The lowest BCUT2D eigenvalue weighted by Crippen LogP contribution is -2.36. The van der Waals surface area contributed by atoms with E-state index in [2.05, 4.69) is 31.4 Å². The second-order valence-electron chi connectivity index (χ2n) is 9.93. The molecule has 0 fully saturated rings. The molecule has 8 heteroatoms. The van der Waals surface area contributed by atoms with E-state index in [0.717, 1.165) is 27.3 Å². The van der Waals surface area contributed by atoms with E-state index in [9.17, 15) is 18.0 Å². The minimum Gasteiger partial charge on any atom is -0.325 e. The van der Waals surface area contributed by atoms with Gasteiger partial charge in [0.2, 0.25) is 15.9 Å². The van der Waals surface area contributed by atoms with Crippen molar-refractivity contribution in [2.75, 3.05) is 23.4 Å². The average Bonchev–Trinajstić information content (AvgIpc) is 2.79. The molecule has 0 heterocycles. The summed E-state index contributed by atoms with van der Waals surface area (Å²) in [7, 11) is -3.61. The number of amides is 2. The predicted octanol–water partition coefficient (Wildman–Crippen LogP) is 4.95. The van der Waals surface area contributed by atoms with Gasteiger partial charge in [0.05, 0.1) is 12.8 Å². The van der Waals surface area contributed by atoms with Crippen LogP contribution in [0.1, 0.15) is 47.8 Å². The number of sulfonamides is 1. The number of benzene rings is 3. The number of nitrogens with one attached hydrogen (secondary N) is 2. The van der Waals surface area contributed by atoms with Crippen LogP contribution in [-0.4, -0.2) is 37.3 Å². The molecule has 2 N–H and O–H groups in total. The summed E-state index contributed by atoms with van der Waals surface area (Å²) in [5.74, 6) is -0.742.